The highest BCUT2D eigenvalue weighted by atomic mass is 16.5. The van der Waals surface area contributed by atoms with Gasteiger partial charge in [0.1, 0.15) is 12.4 Å². The van der Waals surface area contributed by atoms with Crippen molar-refractivity contribution in [2.45, 2.75) is 39.0 Å². The van der Waals surface area contributed by atoms with Crippen LogP contribution in [0.1, 0.15) is 30.0 Å². The van der Waals surface area contributed by atoms with Crippen molar-refractivity contribution in [3.63, 3.8) is 0 Å². The van der Waals surface area contributed by atoms with Crippen LogP contribution in [0.5, 0.6) is 5.75 Å². The van der Waals surface area contributed by atoms with Crippen LogP contribution < -0.4 is 10.1 Å². The van der Waals surface area contributed by atoms with E-state index in [0.717, 1.165) is 25.1 Å². The molecule has 0 saturated carbocycles. The average molecular weight is 345 g/mol. The molecule has 1 unspecified atom stereocenters. The van der Waals surface area contributed by atoms with Crippen molar-refractivity contribution in [1.82, 2.24) is 5.32 Å². The zero-order valence-corrected chi connectivity index (χ0v) is 15.4. The smallest absolute Gasteiger partial charge is 0.119 e. The topological polar surface area (TPSA) is 21.3 Å². The van der Waals surface area contributed by atoms with Gasteiger partial charge in [0.15, 0.2) is 0 Å². The molecule has 2 heteroatoms. The fourth-order valence-electron chi connectivity index (χ4n) is 2.87. The molecule has 0 amide bonds. The maximum atomic E-state index is 5.84. The van der Waals surface area contributed by atoms with E-state index < -0.39 is 0 Å². The number of hydrogen-bond donors (Lipinski definition) is 1. The van der Waals surface area contributed by atoms with Crippen LogP contribution >= 0.6 is 0 Å². The molecule has 26 heavy (non-hydrogen) atoms. The lowest BCUT2D eigenvalue weighted by Gasteiger charge is -2.14. The number of rotatable bonds is 9. The molecule has 134 valence electrons. The van der Waals surface area contributed by atoms with Crippen molar-refractivity contribution in [1.29, 1.82) is 0 Å². The summed E-state index contributed by atoms with van der Waals surface area (Å²) in [4.78, 5) is 0. The fraction of sp³-hybridized carbons (Fsp3) is 0.250. The Bertz CT molecular complexity index is 753. The van der Waals surface area contributed by atoms with E-state index >= 15 is 0 Å². The molecule has 0 radical (unpaired) electrons. The van der Waals surface area contributed by atoms with Crippen molar-refractivity contribution >= 4 is 0 Å². The number of hydrogen-bond acceptors (Lipinski definition) is 2. The molecule has 3 aromatic carbocycles. The lowest BCUT2D eigenvalue weighted by Crippen LogP contribution is -2.25. The predicted octanol–water partition coefficient (Wildman–Crippen LogP) is 5.38. The molecule has 0 aromatic heterocycles. The summed E-state index contributed by atoms with van der Waals surface area (Å²) >= 11 is 0. The molecule has 0 aliphatic heterocycles. The summed E-state index contributed by atoms with van der Waals surface area (Å²) in [5.74, 6) is 0.912. The molecule has 0 spiro atoms. The summed E-state index contributed by atoms with van der Waals surface area (Å²) in [5, 5.41) is 3.61. The lowest BCUT2D eigenvalue weighted by molar-refractivity contribution is 0.306. The Morgan fingerprint density at radius 1 is 0.731 bits per heavy atom. The molecule has 3 aromatic rings. The minimum atomic E-state index is 0.490. The standard InChI is InChI=1S/C24H27NO/c1-20(12-13-21-8-4-2-5-9-21)25-18-22-14-16-24(17-15-22)26-19-23-10-6-3-7-11-23/h2-11,14-17,20,25H,12-13,18-19H2,1H3. The summed E-state index contributed by atoms with van der Waals surface area (Å²) in [5.41, 5.74) is 3.87. The number of nitrogens with one attached hydrogen (secondary N) is 1. The third kappa shape index (κ3) is 6.05. The van der Waals surface area contributed by atoms with Crippen LogP contribution in [0.3, 0.4) is 0 Å². The van der Waals surface area contributed by atoms with Crippen LogP contribution in [-0.2, 0) is 19.6 Å². The van der Waals surface area contributed by atoms with Gasteiger partial charge in [0.25, 0.3) is 0 Å². The fourth-order valence-corrected chi connectivity index (χ4v) is 2.87. The first-order valence-electron chi connectivity index (χ1n) is 9.32. The Morgan fingerprint density at radius 3 is 2.00 bits per heavy atom. The zero-order chi connectivity index (χ0) is 18.0. The minimum Gasteiger partial charge on any atom is -0.489 e. The van der Waals surface area contributed by atoms with E-state index in [9.17, 15) is 0 Å². The first-order chi connectivity index (χ1) is 12.8. The molecule has 0 bridgehead atoms. The Hall–Kier alpha value is -2.58. The molecule has 1 N–H and O–H groups in total. The number of ether oxygens (including phenoxy) is 1. The van der Waals surface area contributed by atoms with E-state index in [1.54, 1.807) is 0 Å². The van der Waals surface area contributed by atoms with Gasteiger partial charge in [-0.2, -0.15) is 0 Å². The quantitative estimate of drug-likeness (QED) is 0.562. The second-order valence-electron chi connectivity index (χ2n) is 6.72. The van der Waals surface area contributed by atoms with Crippen LogP contribution in [0.15, 0.2) is 84.9 Å². The molecule has 0 fully saturated rings. The Balaban J connectivity index is 1.39. The number of benzene rings is 3. The highest BCUT2D eigenvalue weighted by molar-refractivity contribution is 5.27. The van der Waals surface area contributed by atoms with Crippen molar-refractivity contribution in [3.8, 4) is 5.75 Å². The van der Waals surface area contributed by atoms with Crippen molar-refractivity contribution in [3.05, 3.63) is 102 Å². The largest absolute Gasteiger partial charge is 0.489 e. The molecular weight excluding hydrogens is 318 g/mol. The molecule has 0 saturated heterocycles. The highest BCUT2D eigenvalue weighted by Crippen LogP contribution is 2.14. The normalized spacial score (nSPS) is 11.9. The maximum Gasteiger partial charge on any atom is 0.119 e. The second kappa shape index (κ2) is 9.79. The Kier molecular flexibility index (Phi) is 6.86. The number of aryl methyl sites for hydroxylation is 1. The van der Waals surface area contributed by atoms with E-state index in [1.807, 2.05) is 18.2 Å². The van der Waals surface area contributed by atoms with E-state index in [1.165, 1.54) is 16.7 Å². The van der Waals surface area contributed by atoms with Gasteiger partial charge in [-0.05, 0) is 48.6 Å². The van der Waals surface area contributed by atoms with Crippen LogP contribution in [0.25, 0.3) is 0 Å². The molecule has 2 nitrogen and oxygen atoms in total. The molecule has 0 aliphatic carbocycles. The molecule has 3 rings (SSSR count). The van der Waals surface area contributed by atoms with Crippen LogP contribution in [0.4, 0.5) is 0 Å². The summed E-state index contributed by atoms with van der Waals surface area (Å²) in [7, 11) is 0. The van der Waals surface area contributed by atoms with E-state index in [0.29, 0.717) is 12.6 Å². The van der Waals surface area contributed by atoms with Gasteiger partial charge in [0.05, 0.1) is 0 Å². The summed E-state index contributed by atoms with van der Waals surface area (Å²) in [6, 6.07) is 29.8. The van der Waals surface area contributed by atoms with Gasteiger partial charge in [-0.25, -0.2) is 0 Å². The molecule has 1 atom stereocenters. The van der Waals surface area contributed by atoms with Gasteiger partial charge >= 0.3 is 0 Å². The highest BCUT2D eigenvalue weighted by Gasteiger charge is 2.03. The van der Waals surface area contributed by atoms with Crippen LogP contribution in [0, 0.1) is 0 Å². The van der Waals surface area contributed by atoms with Crippen molar-refractivity contribution < 1.29 is 4.74 Å². The van der Waals surface area contributed by atoms with Crippen LogP contribution in [0.2, 0.25) is 0 Å². The van der Waals surface area contributed by atoms with E-state index in [4.69, 9.17) is 4.74 Å². The predicted molar refractivity (Wildman–Crippen MR) is 108 cm³/mol. The van der Waals surface area contributed by atoms with Gasteiger partial charge in [0, 0.05) is 12.6 Å². The monoisotopic (exact) mass is 345 g/mol. The van der Waals surface area contributed by atoms with Gasteiger partial charge in [-0.3, -0.25) is 0 Å². The second-order valence-corrected chi connectivity index (χ2v) is 6.72. The maximum absolute atomic E-state index is 5.84. The Morgan fingerprint density at radius 2 is 1.35 bits per heavy atom. The first-order valence-corrected chi connectivity index (χ1v) is 9.32. The lowest BCUT2D eigenvalue weighted by atomic mass is 10.1. The average Bonchev–Trinajstić information content (AvgIpc) is 2.71. The molecule has 0 aliphatic rings. The van der Waals surface area contributed by atoms with Crippen molar-refractivity contribution in [2.75, 3.05) is 0 Å². The Labute approximate surface area is 156 Å². The zero-order valence-electron chi connectivity index (χ0n) is 15.4. The SMILES string of the molecule is CC(CCc1ccccc1)NCc1ccc(OCc2ccccc2)cc1. The van der Waals surface area contributed by atoms with Gasteiger partial charge < -0.3 is 10.1 Å². The minimum absolute atomic E-state index is 0.490. The first kappa shape index (κ1) is 18.2. The van der Waals surface area contributed by atoms with Gasteiger partial charge in [-0.1, -0.05) is 72.8 Å². The molecule has 0 heterocycles. The van der Waals surface area contributed by atoms with Gasteiger partial charge in [-0.15, -0.1) is 0 Å². The van der Waals surface area contributed by atoms with Crippen LogP contribution in [-0.4, -0.2) is 6.04 Å². The molecular formula is C24H27NO. The summed E-state index contributed by atoms with van der Waals surface area (Å²) in [6.07, 6.45) is 2.25. The van der Waals surface area contributed by atoms with Gasteiger partial charge in [0.2, 0.25) is 0 Å². The van der Waals surface area contributed by atoms with E-state index in [2.05, 4.69) is 79.0 Å². The summed E-state index contributed by atoms with van der Waals surface area (Å²) < 4.78 is 5.84. The third-order valence-corrected chi connectivity index (χ3v) is 4.54. The van der Waals surface area contributed by atoms with Crippen molar-refractivity contribution in [2.24, 2.45) is 0 Å². The van der Waals surface area contributed by atoms with E-state index in [-0.39, 0.29) is 0 Å². The third-order valence-electron chi connectivity index (χ3n) is 4.54. The summed E-state index contributed by atoms with van der Waals surface area (Å²) in [6.45, 7) is 3.74.